The Balaban J connectivity index is 1.94. The van der Waals surface area contributed by atoms with Crippen molar-refractivity contribution in [2.24, 2.45) is 0 Å². The van der Waals surface area contributed by atoms with Gasteiger partial charge in [0.05, 0.1) is 42.0 Å². The Labute approximate surface area is 210 Å². The van der Waals surface area contributed by atoms with Crippen LogP contribution in [0.5, 0.6) is 11.6 Å². The number of rotatable bonds is 5. The molecular weight excluding hydrogens is 498 g/mol. The van der Waals surface area contributed by atoms with Crippen molar-refractivity contribution < 1.29 is 27.8 Å². The number of nitriles is 1. The summed E-state index contributed by atoms with van der Waals surface area (Å²) in [5.74, 6) is 0.280. The first-order valence-electron chi connectivity index (χ1n) is 10.8. The summed E-state index contributed by atoms with van der Waals surface area (Å²) >= 11 is 0. The maximum Gasteiger partial charge on any atom is 0.416 e. The summed E-state index contributed by atoms with van der Waals surface area (Å²) in [5, 5.41) is 19.8. The lowest BCUT2D eigenvalue weighted by molar-refractivity contribution is 0.197. The van der Waals surface area contributed by atoms with Gasteiger partial charge >= 0.3 is 6.09 Å². The fourth-order valence-corrected chi connectivity index (χ4v) is 5.64. The molecule has 12 heteroatoms. The number of nitrogens with zero attached hydrogens (tertiary/aromatic N) is 5. The van der Waals surface area contributed by atoms with E-state index in [4.69, 9.17) is 9.47 Å². The molecule has 0 amide bonds. The second-order valence-electron chi connectivity index (χ2n) is 8.08. The van der Waals surface area contributed by atoms with E-state index >= 15 is 0 Å². The minimum Gasteiger partial charge on any atom is -0.491 e. The molecule has 0 aliphatic rings. The van der Waals surface area contributed by atoms with Crippen LogP contribution in [0.25, 0.3) is 33.3 Å². The number of aromatic nitrogens is 4. The summed E-state index contributed by atoms with van der Waals surface area (Å²) in [5.41, 5.74) is 1.66. The van der Waals surface area contributed by atoms with Crippen molar-refractivity contribution in [3.8, 4) is 29.0 Å². The summed E-state index contributed by atoms with van der Waals surface area (Å²) in [6, 6.07) is 12.7. The van der Waals surface area contributed by atoms with E-state index in [1.807, 2.05) is 6.92 Å². The molecule has 0 radical (unpaired) electrons. The third-order valence-corrected chi connectivity index (χ3v) is 7.66. The molecule has 4 aromatic heterocycles. The Bertz CT molecular complexity index is 1860. The number of carbonyl (C=O) groups is 1. The van der Waals surface area contributed by atoms with Gasteiger partial charge in [0.15, 0.2) is 11.4 Å². The summed E-state index contributed by atoms with van der Waals surface area (Å²) in [6.07, 6.45) is 1.30. The molecule has 1 N–H and O–H groups in total. The Hall–Kier alpha value is -4.89. The number of hydrogen-bond donors (Lipinski definition) is 1. The van der Waals surface area contributed by atoms with Crippen molar-refractivity contribution in [2.45, 2.75) is 11.8 Å². The Kier molecular flexibility index (Phi) is 5.57. The summed E-state index contributed by atoms with van der Waals surface area (Å²) < 4.78 is 40.4. The maximum absolute atomic E-state index is 14.0. The molecule has 0 aliphatic heterocycles. The molecule has 0 spiro atoms. The monoisotopic (exact) mass is 517 g/mol. The zero-order chi connectivity index (χ0) is 26.5. The van der Waals surface area contributed by atoms with Crippen LogP contribution in [-0.2, 0) is 10.0 Å². The van der Waals surface area contributed by atoms with Crippen LogP contribution in [-0.4, -0.2) is 52.3 Å². The Morgan fingerprint density at radius 1 is 1.11 bits per heavy atom. The number of methoxy groups -OCH3 is 2. The van der Waals surface area contributed by atoms with Gasteiger partial charge in [0.2, 0.25) is 0 Å². The van der Waals surface area contributed by atoms with E-state index in [0.29, 0.717) is 0 Å². The molecular formula is C25H19N5O6S. The predicted octanol–water partition coefficient (Wildman–Crippen LogP) is 4.01. The van der Waals surface area contributed by atoms with Gasteiger partial charge in [-0.05, 0) is 31.2 Å². The van der Waals surface area contributed by atoms with Gasteiger partial charge in [0.25, 0.3) is 15.9 Å². The van der Waals surface area contributed by atoms with E-state index in [1.165, 1.54) is 56.9 Å². The van der Waals surface area contributed by atoms with Gasteiger partial charge < -0.3 is 14.6 Å². The smallest absolute Gasteiger partial charge is 0.416 e. The van der Waals surface area contributed by atoms with Gasteiger partial charge in [0.1, 0.15) is 5.52 Å². The summed E-state index contributed by atoms with van der Waals surface area (Å²) in [7, 11) is -1.47. The van der Waals surface area contributed by atoms with Crippen molar-refractivity contribution in [3.05, 3.63) is 66.0 Å². The van der Waals surface area contributed by atoms with Gasteiger partial charge in [-0.3, -0.25) is 4.57 Å². The molecule has 37 heavy (non-hydrogen) atoms. The highest BCUT2D eigenvalue weighted by Crippen LogP contribution is 2.39. The van der Waals surface area contributed by atoms with E-state index in [-0.39, 0.29) is 55.4 Å². The zero-order valence-electron chi connectivity index (χ0n) is 19.8. The van der Waals surface area contributed by atoms with Gasteiger partial charge in [-0.25, -0.2) is 27.2 Å². The first-order chi connectivity index (χ1) is 17.7. The third-order valence-electron chi connectivity index (χ3n) is 5.94. The van der Waals surface area contributed by atoms with Crippen molar-refractivity contribution in [1.82, 2.24) is 18.5 Å². The lowest BCUT2D eigenvalue weighted by Gasteiger charge is -2.12. The fourth-order valence-electron chi connectivity index (χ4n) is 4.17. The average molecular weight is 518 g/mol. The number of hydrogen-bond acceptors (Lipinski definition) is 8. The third kappa shape index (κ3) is 3.64. The Morgan fingerprint density at radius 2 is 1.84 bits per heavy atom. The van der Waals surface area contributed by atoms with Gasteiger partial charge in [0, 0.05) is 29.4 Å². The number of carboxylic acid groups (broad SMARTS) is 1. The van der Waals surface area contributed by atoms with E-state index in [2.05, 4.69) is 16.0 Å². The quantitative estimate of drug-likeness (QED) is 0.365. The van der Waals surface area contributed by atoms with Crippen molar-refractivity contribution >= 4 is 38.2 Å². The molecule has 0 bridgehead atoms. The summed E-state index contributed by atoms with van der Waals surface area (Å²) in [6.45, 7) is 1.84. The average Bonchev–Trinajstić information content (AvgIpc) is 3.46. The van der Waals surface area contributed by atoms with Gasteiger partial charge in [-0.2, -0.15) is 5.26 Å². The molecule has 186 valence electrons. The molecule has 0 fully saturated rings. The number of benzene rings is 1. The summed E-state index contributed by atoms with van der Waals surface area (Å²) in [4.78, 5) is 20.8. The van der Waals surface area contributed by atoms with E-state index in [9.17, 15) is 23.6 Å². The minimum absolute atomic E-state index is 0.00445. The fraction of sp³-hybridized carbons (Fsp3) is 0.120. The van der Waals surface area contributed by atoms with Crippen LogP contribution in [0.4, 0.5) is 4.79 Å². The second-order valence-corrected chi connectivity index (χ2v) is 9.87. The Morgan fingerprint density at radius 3 is 2.46 bits per heavy atom. The van der Waals surface area contributed by atoms with Crippen molar-refractivity contribution in [2.75, 3.05) is 14.2 Å². The number of aryl methyl sites for hydroxylation is 1. The molecule has 4 heterocycles. The molecule has 1 aromatic carbocycles. The second kappa shape index (κ2) is 8.65. The van der Waals surface area contributed by atoms with Crippen molar-refractivity contribution in [1.29, 1.82) is 5.26 Å². The highest BCUT2D eigenvalue weighted by Gasteiger charge is 2.29. The van der Waals surface area contributed by atoms with Gasteiger partial charge in [-0.1, -0.05) is 17.7 Å². The zero-order valence-corrected chi connectivity index (χ0v) is 20.6. The molecule has 0 saturated heterocycles. The highest BCUT2D eigenvalue weighted by molar-refractivity contribution is 7.90. The first-order valence-corrected chi connectivity index (χ1v) is 12.3. The highest BCUT2D eigenvalue weighted by atomic mass is 32.2. The lowest BCUT2D eigenvalue weighted by atomic mass is 10.1. The van der Waals surface area contributed by atoms with Crippen LogP contribution < -0.4 is 9.47 Å². The standard InChI is InChI=1S/C25H19N5O6S/c1-14-4-6-16(7-5-14)37(33,34)30-19(10-17-15(12-26)8-9-27-23(17)30)18-13-29(25(31)32)20-11-21(35-2)24(36-3)28-22(18)20/h4-11,13H,1-3H3,(H,31,32). The SMILES string of the molecule is COc1cc2c(nc1OC)c(-c1cc3c(C#N)ccnc3n1S(=O)(=O)c1ccc(C)cc1)cn2C(=O)O. The van der Waals surface area contributed by atoms with Crippen LogP contribution in [0, 0.1) is 18.3 Å². The van der Waals surface area contributed by atoms with E-state index < -0.39 is 16.1 Å². The molecule has 11 nitrogen and oxygen atoms in total. The minimum atomic E-state index is -4.25. The van der Waals surface area contributed by atoms with E-state index in [1.54, 1.807) is 12.1 Å². The van der Waals surface area contributed by atoms with Crippen LogP contribution in [0.3, 0.4) is 0 Å². The lowest BCUT2D eigenvalue weighted by Crippen LogP contribution is -2.15. The molecule has 5 rings (SSSR count). The molecule has 0 aliphatic carbocycles. The van der Waals surface area contributed by atoms with Crippen molar-refractivity contribution in [3.63, 3.8) is 0 Å². The topological polar surface area (TPSA) is 149 Å². The van der Waals surface area contributed by atoms with Crippen LogP contribution >= 0.6 is 0 Å². The number of ether oxygens (including phenoxy) is 2. The molecule has 0 unspecified atom stereocenters. The molecule has 0 saturated carbocycles. The predicted molar refractivity (Wildman–Crippen MR) is 133 cm³/mol. The van der Waals surface area contributed by atoms with Crippen LogP contribution in [0.1, 0.15) is 11.1 Å². The van der Waals surface area contributed by atoms with Crippen LogP contribution in [0.2, 0.25) is 0 Å². The first kappa shape index (κ1) is 23.8. The van der Waals surface area contributed by atoms with E-state index in [0.717, 1.165) is 14.1 Å². The normalized spacial score (nSPS) is 11.5. The van der Waals surface area contributed by atoms with Gasteiger partial charge in [-0.15, -0.1) is 0 Å². The van der Waals surface area contributed by atoms with Crippen LogP contribution in [0.15, 0.2) is 59.8 Å². The largest absolute Gasteiger partial charge is 0.491 e. The maximum atomic E-state index is 14.0. The number of fused-ring (bicyclic) bond motifs is 2. The number of pyridine rings is 2. The molecule has 0 atom stereocenters. The molecule has 5 aromatic rings.